The van der Waals surface area contributed by atoms with Crippen molar-refractivity contribution in [3.05, 3.63) is 47.5 Å². The van der Waals surface area contributed by atoms with E-state index in [0.717, 1.165) is 6.42 Å². The molecule has 0 aliphatic rings. The van der Waals surface area contributed by atoms with Gasteiger partial charge in [0.25, 0.3) is 0 Å². The van der Waals surface area contributed by atoms with Gasteiger partial charge in [-0.1, -0.05) is 44.9 Å². The van der Waals surface area contributed by atoms with Gasteiger partial charge in [0.1, 0.15) is 0 Å². The van der Waals surface area contributed by atoms with Crippen molar-refractivity contribution in [1.29, 1.82) is 0 Å². The summed E-state index contributed by atoms with van der Waals surface area (Å²) >= 11 is 0. The normalized spacial score (nSPS) is 10.5. The summed E-state index contributed by atoms with van der Waals surface area (Å²) in [6.07, 6.45) is 10.3. The molecule has 0 N–H and O–H groups in total. The van der Waals surface area contributed by atoms with Gasteiger partial charge in [-0.3, -0.25) is 0 Å². The minimum atomic E-state index is 0.944. The summed E-state index contributed by atoms with van der Waals surface area (Å²) in [4.78, 5) is 0. The molecular weight excluding hydrogens is 204 g/mol. The second-order valence-corrected chi connectivity index (χ2v) is 4.74. The Morgan fingerprint density at radius 1 is 1.06 bits per heavy atom. The highest BCUT2D eigenvalue weighted by Crippen LogP contribution is 2.15. The molecule has 1 radical (unpaired) electrons. The first kappa shape index (κ1) is 14.0. The van der Waals surface area contributed by atoms with Gasteiger partial charge in [0, 0.05) is 0 Å². The molecule has 17 heavy (non-hydrogen) atoms. The van der Waals surface area contributed by atoms with Crippen LogP contribution < -0.4 is 0 Å². The van der Waals surface area contributed by atoms with E-state index in [-0.39, 0.29) is 0 Å². The van der Waals surface area contributed by atoms with Crippen molar-refractivity contribution in [3.8, 4) is 0 Å². The maximum Gasteiger partial charge on any atom is -0.00938 e. The van der Waals surface area contributed by atoms with E-state index >= 15 is 0 Å². The lowest BCUT2D eigenvalue weighted by Crippen LogP contribution is -1.94. The molecule has 0 unspecified atom stereocenters. The van der Waals surface area contributed by atoms with Gasteiger partial charge in [-0.15, -0.1) is 6.58 Å². The molecule has 1 aromatic rings. The predicted octanol–water partition coefficient (Wildman–Crippen LogP) is 4.90. The van der Waals surface area contributed by atoms with E-state index in [4.69, 9.17) is 0 Å². The van der Waals surface area contributed by atoms with E-state index < -0.39 is 0 Å². The summed E-state index contributed by atoms with van der Waals surface area (Å²) in [5, 5.41) is 0. The molecule has 1 rings (SSSR count). The van der Waals surface area contributed by atoms with Gasteiger partial charge >= 0.3 is 0 Å². The number of benzene rings is 1. The molecule has 0 aromatic heterocycles. The summed E-state index contributed by atoms with van der Waals surface area (Å²) in [5.41, 5.74) is 4.17. The van der Waals surface area contributed by atoms with Crippen LogP contribution in [0, 0.1) is 6.07 Å². The summed E-state index contributed by atoms with van der Waals surface area (Å²) in [7, 11) is 0. The first-order chi connectivity index (χ1) is 8.30. The second-order valence-electron chi connectivity index (χ2n) is 4.74. The molecule has 0 saturated carbocycles. The Kier molecular flexibility index (Phi) is 6.69. The maximum absolute atomic E-state index is 3.82. The third-order valence-electron chi connectivity index (χ3n) is 3.02. The number of hydrogen-bond acceptors (Lipinski definition) is 0. The predicted molar refractivity (Wildman–Crippen MR) is 76.4 cm³/mol. The van der Waals surface area contributed by atoms with Crippen LogP contribution in [0.15, 0.2) is 24.8 Å². The van der Waals surface area contributed by atoms with Crippen LogP contribution in [-0.4, -0.2) is 0 Å². The molecule has 0 fully saturated rings. The highest BCUT2D eigenvalue weighted by molar-refractivity contribution is 5.30. The summed E-state index contributed by atoms with van der Waals surface area (Å²) in [6, 6.07) is 8.17. The Bertz CT molecular complexity index is 310. The van der Waals surface area contributed by atoms with Crippen LogP contribution in [0.3, 0.4) is 0 Å². The number of hydrogen-bond donors (Lipinski definition) is 0. The Labute approximate surface area is 107 Å². The molecule has 0 bridgehead atoms. The zero-order valence-corrected chi connectivity index (χ0v) is 11.4. The lowest BCUT2D eigenvalue weighted by Gasteiger charge is -2.08. The molecule has 0 amide bonds. The summed E-state index contributed by atoms with van der Waals surface area (Å²) < 4.78 is 0. The Hall–Kier alpha value is -1.04. The monoisotopic (exact) mass is 229 g/mol. The first-order valence-electron chi connectivity index (χ1n) is 6.95. The van der Waals surface area contributed by atoms with Crippen molar-refractivity contribution < 1.29 is 0 Å². The van der Waals surface area contributed by atoms with Gasteiger partial charge in [0.05, 0.1) is 0 Å². The number of unbranched alkanes of at least 4 members (excludes halogenated alkanes) is 2. The molecular formula is C17H25. The molecule has 0 nitrogen and oxygen atoms in total. The van der Waals surface area contributed by atoms with Crippen LogP contribution in [0.25, 0.3) is 0 Å². The van der Waals surface area contributed by atoms with Crippen LogP contribution in [-0.2, 0) is 19.3 Å². The Morgan fingerprint density at radius 2 is 1.71 bits per heavy atom. The molecule has 93 valence electrons. The SMILES string of the molecule is C=CCc1[c]c(CCCC)cc(CCCC)c1. The number of allylic oxidation sites excluding steroid dienone is 1. The summed E-state index contributed by atoms with van der Waals surface area (Å²) in [6.45, 7) is 8.31. The van der Waals surface area contributed by atoms with E-state index in [1.807, 2.05) is 6.08 Å². The average molecular weight is 229 g/mol. The fourth-order valence-electron chi connectivity index (χ4n) is 2.06. The quantitative estimate of drug-likeness (QED) is 0.556. The Balaban J connectivity index is 2.79. The van der Waals surface area contributed by atoms with Crippen molar-refractivity contribution in [2.24, 2.45) is 0 Å². The molecule has 0 heterocycles. The van der Waals surface area contributed by atoms with E-state index in [2.05, 4.69) is 38.6 Å². The van der Waals surface area contributed by atoms with Gasteiger partial charge in [-0.05, 0) is 54.9 Å². The molecule has 0 saturated heterocycles. The van der Waals surface area contributed by atoms with Crippen LogP contribution in [0.4, 0.5) is 0 Å². The second kappa shape index (κ2) is 8.11. The van der Waals surface area contributed by atoms with E-state index in [9.17, 15) is 0 Å². The molecule has 0 heteroatoms. The first-order valence-corrected chi connectivity index (χ1v) is 6.95. The zero-order valence-electron chi connectivity index (χ0n) is 11.4. The molecule has 0 aliphatic heterocycles. The van der Waals surface area contributed by atoms with E-state index in [0.29, 0.717) is 0 Å². The zero-order chi connectivity index (χ0) is 12.5. The van der Waals surface area contributed by atoms with Crippen LogP contribution >= 0.6 is 0 Å². The van der Waals surface area contributed by atoms with E-state index in [1.165, 1.54) is 55.2 Å². The van der Waals surface area contributed by atoms with Crippen molar-refractivity contribution >= 4 is 0 Å². The largest absolute Gasteiger partial charge is 0.103 e. The third-order valence-corrected chi connectivity index (χ3v) is 3.02. The van der Waals surface area contributed by atoms with Crippen molar-refractivity contribution in [2.75, 3.05) is 0 Å². The van der Waals surface area contributed by atoms with Gasteiger partial charge in [-0.2, -0.15) is 0 Å². The highest BCUT2D eigenvalue weighted by Gasteiger charge is 2.01. The van der Waals surface area contributed by atoms with Crippen LogP contribution in [0.1, 0.15) is 56.2 Å². The minimum absolute atomic E-state index is 0.944. The smallest absolute Gasteiger partial charge is 0.00938 e. The van der Waals surface area contributed by atoms with Crippen LogP contribution in [0.5, 0.6) is 0 Å². The van der Waals surface area contributed by atoms with Crippen molar-refractivity contribution in [1.82, 2.24) is 0 Å². The van der Waals surface area contributed by atoms with Crippen LogP contribution in [0.2, 0.25) is 0 Å². The molecule has 1 aromatic carbocycles. The van der Waals surface area contributed by atoms with Crippen molar-refractivity contribution in [3.63, 3.8) is 0 Å². The molecule has 0 atom stereocenters. The molecule has 0 spiro atoms. The number of aryl methyl sites for hydroxylation is 2. The fraction of sp³-hybridized carbons (Fsp3) is 0.529. The number of rotatable bonds is 8. The standard InChI is InChI=1S/C17H25/c1-4-7-10-16-12-15(9-6-3)13-17(14-16)11-8-5-2/h6,12,14H,3-5,7-11H2,1-2H3. The fourth-order valence-corrected chi connectivity index (χ4v) is 2.06. The van der Waals surface area contributed by atoms with Crippen molar-refractivity contribution in [2.45, 2.75) is 58.8 Å². The van der Waals surface area contributed by atoms with Gasteiger partial charge in [0.2, 0.25) is 0 Å². The van der Waals surface area contributed by atoms with Gasteiger partial charge < -0.3 is 0 Å². The third kappa shape index (κ3) is 5.21. The topological polar surface area (TPSA) is 0 Å². The molecule has 0 aliphatic carbocycles. The lowest BCUT2D eigenvalue weighted by molar-refractivity contribution is 0.778. The average Bonchev–Trinajstić information content (AvgIpc) is 2.34. The summed E-state index contributed by atoms with van der Waals surface area (Å²) in [5.74, 6) is 0. The van der Waals surface area contributed by atoms with Gasteiger partial charge in [0.15, 0.2) is 0 Å². The minimum Gasteiger partial charge on any atom is -0.103 e. The highest BCUT2D eigenvalue weighted by atomic mass is 14.1. The lowest BCUT2D eigenvalue weighted by atomic mass is 9.97. The Morgan fingerprint density at radius 3 is 2.35 bits per heavy atom. The maximum atomic E-state index is 3.82. The van der Waals surface area contributed by atoms with Gasteiger partial charge in [-0.25, -0.2) is 0 Å². The van der Waals surface area contributed by atoms with E-state index in [1.54, 1.807) is 0 Å².